The number of β-amino-alcohol motifs (C(OH)–C–C–N with tert-alkyl or cyclic N) is 1. The van der Waals surface area contributed by atoms with E-state index in [2.05, 4.69) is 67.0 Å². The van der Waals surface area contributed by atoms with Crippen LogP contribution < -0.4 is 0 Å². The van der Waals surface area contributed by atoms with Gasteiger partial charge in [0.1, 0.15) is 23.3 Å². The number of rotatable bonds is 8. The van der Waals surface area contributed by atoms with Crippen molar-refractivity contribution in [3.63, 3.8) is 0 Å². The van der Waals surface area contributed by atoms with E-state index in [1.54, 1.807) is 0 Å². The van der Waals surface area contributed by atoms with Crippen LogP contribution in [0.3, 0.4) is 0 Å². The molecule has 4 rings (SSSR count). The summed E-state index contributed by atoms with van der Waals surface area (Å²) < 4.78 is 4.52. The molecule has 0 saturated heterocycles. The minimum absolute atomic E-state index is 0.390. The first-order valence-corrected chi connectivity index (χ1v) is 11.3. The molecule has 9 nitrogen and oxygen atoms in total. The van der Waals surface area contributed by atoms with Gasteiger partial charge in [0.05, 0.1) is 19.2 Å². The van der Waals surface area contributed by atoms with Crippen LogP contribution in [0.2, 0.25) is 0 Å². The van der Waals surface area contributed by atoms with E-state index in [1.807, 2.05) is 0 Å². The van der Waals surface area contributed by atoms with Crippen LogP contribution in [0, 0.1) is 11.8 Å². The Morgan fingerprint density at radius 1 is 0.700 bits per heavy atom. The fourth-order valence-corrected chi connectivity index (χ4v) is 4.53. The van der Waals surface area contributed by atoms with Gasteiger partial charge in [-0.05, 0) is 11.8 Å². The van der Waals surface area contributed by atoms with Gasteiger partial charge in [0.2, 0.25) is 0 Å². The van der Waals surface area contributed by atoms with Crippen molar-refractivity contribution < 1.29 is 5.11 Å². The molecule has 0 aliphatic carbocycles. The number of aliphatic hydroxyl groups excluding tert-OH is 1. The second-order valence-corrected chi connectivity index (χ2v) is 9.69. The molecule has 0 amide bonds. The fourth-order valence-electron chi connectivity index (χ4n) is 4.53. The van der Waals surface area contributed by atoms with Gasteiger partial charge in [-0.25, -0.2) is 0 Å². The lowest BCUT2D eigenvalue weighted by molar-refractivity contribution is 0.0545. The van der Waals surface area contributed by atoms with Gasteiger partial charge in [-0.2, -0.15) is 0 Å². The van der Waals surface area contributed by atoms with Gasteiger partial charge in [0.15, 0.2) is 0 Å². The Balaban J connectivity index is 1.28. The molecule has 0 saturated carbocycles. The zero-order valence-corrected chi connectivity index (χ0v) is 18.8. The standard InChI is InChI=1S/C21H36N8O/c1-15(2)9-18-22-24-20-13-26(5-7-28(18)20)11-17(30)12-27-6-8-29-19(10-16(3)4)23-25-21(29)14-27/h15-17,30H,5-14H2,1-4H3. The van der Waals surface area contributed by atoms with Crippen molar-refractivity contribution in [3.8, 4) is 0 Å². The van der Waals surface area contributed by atoms with Crippen molar-refractivity contribution >= 4 is 0 Å². The highest BCUT2D eigenvalue weighted by molar-refractivity contribution is 5.01. The summed E-state index contributed by atoms with van der Waals surface area (Å²) in [6.45, 7) is 15.4. The van der Waals surface area contributed by atoms with E-state index < -0.39 is 0 Å². The Morgan fingerprint density at radius 2 is 1.13 bits per heavy atom. The molecule has 0 bridgehead atoms. The van der Waals surface area contributed by atoms with E-state index in [9.17, 15) is 5.11 Å². The van der Waals surface area contributed by atoms with E-state index in [0.29, 0.717) is 24.9 Å². The van der Waals surface area contributed by atoms with E-state index in [-0.39, 0.29) is 6.10 Å². The van der Waals surface area contributed by atoms with Crippen molar-refractivity contribution in [1.29, 1.82) is 0 Å². The van der Waals surface area contributed by atoms with Crippen LogP contribution in [0.1, 0.15) is 51.0 Å². The molecule has 2 aromatic heterocycles. The molecule has 0 radical (unpaired) electrons. The zero-order valence-electron chi connectivity index (χ0n) is 18.8. The summed E-state index contributed by atoms with van der Waals surface area (Å²) in [6, 6.07) is 0. The highest BCUT2D eigenvalue weighted by Crippen LogP contribution is 2.17. The van der Waals surface area contributed by atoms with Crippen molar-refractivity contribution in [2.45, 2.75) is 72.8 Å². The van der Waals surface area contributed by atoms with Gasteiger partial charge >= 0.3 is 0 Å². The first-order chi connectivity index (χ1) is 14.4. The van der Waals surface area contributed by atoms with Crippen LogP contribution in [-0.4, -0.2) is 76.7 Å². The minimum Gasteiger partial charge on any atom is -0.390 e. The molecule has 0 spiro atoms. The monoisotopic (exact) mass is 416 g/mol. The van der Waals surface area contributed by atoms with Crippen LogP contribution >= 0.6 is 0 Å². The quantitative estimate of drug-likeness (QED) is 0.686. The zero-order chi connectivity index (χ0) is 21.3. The Kier molecular flexibility index (Phi) is 6.50. The molecular weight excluding hydrogens is 380 g/mol. The molecular formula is C21H36N8O. The lowest BCUT2D eigenvalue weighted by Crippen LogP contribution is -2.45. The Morgan fingerprint density at radius 3 is 1.53 bits per heavy atom. The first-order valence-electron chi connectivity index (χ1n) is 11.3. The van der Waals surface area contributed by atoms with Gasteiger partial charge in [0, 0.05) is 52.1 Å². The normalized spacial score (nSPS) is 17.9. The number of hydrogen-bond donors (Lipinski definition) is 1. The summed E-state index contributed by atoms with van der Waals surface area (Å²) in [4.78, 5) is 4.59. The van der Waals surface area contributed by atoms with E-state index in [0.717, 1.165) is 75.4 Å². The molecule has 30 heavy (non-hydrogen) atoms. The maximum absolute atomic E-state index is 10.7. The Labute approximate surface area is 179 Å². The Bertz CT molecular complexity index is 774. The highest BCUT2D eigenvalue weighted by atomic mass is 16.3. The number of fused-ring (bicyclic) bond motifs is 2. The molecule has 0 unspecified atom stereocenters. The number of nitrogens with zero attached hydrogens (tertiary/aromatic N) is 8. The van der Waals surface area contributed by atoms with Crippen LogP contribution in [0.4, 0.5) is 0 Å². The molecule has 2 aliphatic rings. The fraction of sp³-hybridized carbons (Fsp3) is 0.810. The average molecular weight is 417 g/mol. The summed E-state index contributed by atoms with van der Waals surface area (Å²) in [5, 5.41) is 28.3. The van der Waals surface area contributed by atoms with Crippen LogP contribution in [0.15, 0.2) is 0 Å². The highest BCUT2D eigenvalue weighted by Gasteiger charge is 2.26. The van der Waals surface area contributed by atoms with Crippen LogP contribution in [-0.2, 0) is 39.0 Å². The molecule has 0 atom stereocenters. The first kappa shape index (κ1) is 21.4. The van der Waals surface area contributed by atoms with Crippen molar-refractivity contribution in [3.05, 3.63) is 23.3 Å². The molecule has 0 fully saturated rings. The van der Waals surface area contributed by atoms with Gasteiger partial charge in [-0.1, -0.05) is 27.7 Å². The molecule has 166 valence electrons. The third kappa shape index (κ3) is 4.90. The number of aromatic nitrogens is 6. The topological polar surface area (TPSA) is 88.1 Å². The maximum Gasteiger partial charge on any atom is 0.147 e. The molecule has 1 N–H and O–H groups in total. The van der Waals surface area contributed by atoms with Crippen molar-refractivity contribution in [2.75, 3.05) is 26.2 Å². The lowest BCUT2D eigenvalue weighted by atomic mass is 10.1. The molecule has 2 aliphatic heterocycles. The molecule has 2 aromatic rings. The van der Waals surface area contributed by atoms with Crippen molar-refractivity contribution in [2.24, 2.45) is 11.8 Å². The van der Waals surface area contributed by atoms with Crippen molar-refractivity contribution in [1.82, 2.24) is 39.3 Å². The molecule has 9 heteroatoms. The van der Waals surface area contributed by atoms with Gasteiger partial charge in [-0.15, -0.1) is 20.4 Å². The lowest BCUT2D eigenvalue weighted by Gasteiger charge is -2.33. The minimum atomic E-state index is -0.390. The van der Waals surface area contributed by atoms with Gasteiger partial charge in [0.25, 0.3) is 0 Å². The predicted molar refractivity (Wildman–Crippen MR) is 114 cm³/mol. The third-order valence-electron chi connectivity index (χ3n) is 5.94. The summed E-state index contributed by atoms with van der Waals surface area (Å²) >= 11 is 0. The molecule has 0 aromatic carbocycles. The number of hydrogen-bond acceptors (Lipinski definition) is 7. The van der Waals surface area contributed by atoms with E-state index >= 15 is 0 Å². The number of aliphatic hydroxyl groups is 1. The van der Waals surface area contributed by atoms with Gasteiger partial charge in [-0.3, -0.25) is 9.80 Å². The Hall–Kier alpha value is -1.84. The summed E-state index contributed by atoms with van der Waals surface area (Å²) in [7, 11) is 0. The van der Waals surface area contributed by atoms with Crippen LogP contribution in [0.5, 0.6) is 0 Å². The maximum atomic E-state index is 10.7. The largest absolute Gasteiger partial charge is 0.390 e. The second-order valence-electron chi connectivity index (χ2n) is 9.69. The summed E-state index contributed by atoms with van der Waals surface area (Å²) in [6.07, 6.45) is 1.54. The smallest absolute Gasteiger partial charge is 0.147 e. The van der Waals surface area contributed by atoms with Gasteiger partial charge < -0.3 is 14.2 Å². The van der Waals surface area contributed by atoms with E-state index in [4.69, 9.17) is 0 Å². The third-order valence-corrected chi connectivity index (χ3v) is 5.94. The second kappa shape index (κ2) is 9.11. The summed E-state index contributed by atoms with van der Waals surface area (Å²) in [5.41, 5.74) is 0. The predicted octanol–water partition coefficient (Wildman–Crippen LogP) is 0.959. The summed E-state index contributed by atoms with van der Waals surface area (Å²) in [5.74, 6) is 5.38. The SMILES string of the molecule is CC(C)Cc1nnc2n1CCN(CC(O)CN1CCn3c(CC(C)C)nnc3C1)C2. The average Bonchev–Trinajstić information content (AvgIpc) is 3.24. The van der Waals surface area contributed by atoms with Crippen LogP contribution in [0.25, 0.3) is 0 Å². The molecule has 4 heterocycles. The van der Waals surface area contributed by atoms with E-state index in [1.165, 1.54) is 0 Å².